The molecule has 120 valence electrons. The average molecular weight is 321 g/mol. The maximum atomic E-state index is 13.2. The third-order valence-electron chi connectivity index (χ3n) is 3.59. The fourth-order valence-electron chi connectivity index (χ4n) is 2.40. The molecule has 0 saturated heterocycles. The van der Waals surface area contributed by atoms with Crippen LogP contribution < -0.4 is 11.1 Å². The predicted octanol–water partition coefficient (Wildman–Crippen LogP) is 3.65. The lowest BCUT2D eigenvalue weighted by Crippen LogP contribution is -2.14. The van der Waals surface area contributed by atoms with Crippen LogP contribution in [0.2, 0.25) is 0 Å². The zero-order valence-electron chi connectivity index (χ0n) is 12.9. The maximum absolute atomic E-state index is 13.2. The van der Waals surface area contributed by atoms with E-state index in [4.69, 9.17) is 5.73 Å². The van der Waals surface area contributed by atoms with Gasteiger partial charge in [0.1, 0.15) is 11.6 Å². The number of anilines is 2. The summed E-state index contributed by atoms with van der Waals surface area (Å²) in [4.78, 5) is 15.3. The van der Waals surface area contributed by atoms with Gasteiger partial charge in [-0.05, 0) is 35.7 Å². The number of rotatable bonds is 5. The van der Waals surface area contributed by atoms with Gasteiger partial charge in [-0.2, -0.15) is 0 Å². The molecular formula is C19H16FN3O. The molecule has 0 saturated carbocycles. The first kappa shape index (κ1) is 15.7. The van der Waals surface area contributed by atoms with Crippen molar-refractivity contribution in [1.29, 1.82) is 0 Å². The van der Waals surface area contributed by atoms with Crippen molar-refractivity contribution >= 4 is 17.4 Å². The molecule has 0 spiro atoms. The second kappa shape index (κ2) is 6.91. The fourth-order valence-corrected chi connectivity index (χ4v) is 2.40. The molecule has 0 radical (unpaired) electrons. The standard InChI is InChI=1S/C19H16FN3O/c20-15-11-17(18(21)24)19(22-12-15)23-16-8-6-14(7-9-16)10-13-4-2-1-3-5-13/h1-9,11-12H,10H2,(H2,21,24)(H,22,23). The Morgan fingerprint density at radius 1 is 1.04 bits per heavy atom. The van der Waals surface area contributed by atoms with Gasteiger partial charge in [0.15, 0.2) is 0 Å². The Labute approximate surface area is 139 Å². The van der Waals surface area contributed by atoms with E-state index >= 15 is 0 Å². The first-order valence-electron chi connectivity index (χ1n) is 7.47. The van der Waals surface area contributed by atoms with Gasteiger partial charge in [0.05, 0.1) is 11.8 Å². The molecule has 0 unspecified atom stereocenters. The predicted molar refractivity (Wildman–Crippen MR) is 91.7 cm³/mol. The summed E-state index contributed by atoms with van der Waals surface area (Å²) in [6.45, 7) is 0. The number of benzene rings is 2. The quantitative estimate of drug-likeness (QED) is 0.753. The number of carbonyl (C=O) groups excluding carboxylic acids is 1. The van der Waals surface area contributed by atoms with E-state index in [0.717, 1.165) is 29.9 Å². The summed E-state index contributed by atoms with van der Waals surface area (Å²) in [5, 5.41) is 2.99. The highest BCUT2D eigenvalue weighted by atomic mass is 19.1. The summed E-state index contributed by atoms with van der Waals surface area (Å²) in [5.74, 6) is -1.10. The van der Waals surface area contributed by atoms with Crippen LogP contribution in [0.1, 0.15) is 21.5 Å². The number of nitrogens with one attached hydrogen (secondary N) is 1. The van der Waals surface area contributed by atoms with Crippen LogP contribution in [0.5, 0.6) is 0 Å². The van der Waals surface area contributed by atoms with Crippen molar-refractivity contribution in [3.05, 3.63) is 89.4 Å². The highest BCUT2D eigenvalue weighted by Crippen LogP contribution is 2.20. The summed E-state index contributed by atoms with van der Waals surface area (Å²) in [7, 11) is 0. The van der Waals surface area contributed by atoms with Gasteiger partial charge in [-0.1, -0.05) is 42.5 Å². The van der Waals surface area contributed by atoms with Crippen LogP contribution in [0.15, 0.2) is 66.9 Å². The van der Waals surface area contributed by atoms with E-state index in [1.807, 2.05) is 42.5 Å². The Morgan fingerprint density at radius 3 is 2.38 bits per heavy atom. The zero-order valence-corrected chi connectivity index (χ0v) is 12.9. The van der Waals surface area contributed by atoms with Gasteiger partial charge in [0, 0.05) is 5.69 Å². The van der Waals surface area contributed by atoms with Crippen molar-refractivity contribution in [3.8, 4) is 0 Å². The summed E-state index contributed by atoms with van der Waals surface area (Å²) in [5.41, 5.74) is 8.41. The van der Waals surface area contributed by atoms with E-state index in [-0.39, 0.29) is 11.4 Å². The van der Waals surface area contributed by atoms with Gasteiger partial charge in [-0.3, -0.25) is 4.79 Å². The summed E-state index contributed by atoms with van der Waals surface area (Å²) in [6, 6.07) is 19.0. The Hall–Kier alpha value is -3.21. The number of primary amides is 1. The minimum Gasteiger partial charge on any atom is -0.365 e. The van der Waals surface area contributed by atoms with Gasteiger partial charge >= 0.3 is 0 Å². The number of amides is 1. The second-order valence-electron chi connectivity index (χ2n) is 5.40. The molecule has 0 fully saturated rings. The van der Waals surface area contributed by atoms with Crippen LogP contribution in [0.3, 0.4) is 0 Å². The Morgan fingerprint density at radius 2 is 1.71 bits per heavy atom. The lowest BCUT2D eigenvalue weighted by atomic mass is 10.0. The number of hydrogen-bond donors (Lipinski definition) is 2. The minimum absolute atomic E-state index is 0.0170. The topological polar surface area (TPSA) is 68.0 Å². The fraction of sp³-hybridized carbons (Fsp3) is 0.0526. The van der Waals surface area contributed by atoms with Gasteiger partial charge in [-0.15, -0.1) is 0 Å². The van der Waals surface area contributed by atoms with Crippen LogP contribution in [0.25, 0.3) is 0 Å². The van der Waals surface area contributed by atoms with Gasteiger partial charge in [0.2, 0.25) is 0 Å². The number of hydrogen-bond acceptors (Lipinski definition) is 3. The third kappa shape index (κ3) is 3.76. The SMILES string of the molecule is NC(=O)c1cc(F)cnc1Nc1ccc(Cc2ccccc2)cc1. The first-order valence-corrected chi connectivity index (χ1v) is 7.47. The van der Waals surface area contributed by atoms with Crippen molar-refractivity contribution < 1.29 is 9.18 Å². The lowest BCUT2D eigenvalue weighted by Gasteiger charge is -2.10. The molecule has 3 aromatic rings. The Balaban J connectivity index is 1.76. The van der Waals surface area contributed by atoms with Crippen molar-refractivity contribution in [1.82, 2.24) is 4.98 Å². The van der Waals surface area contributed by atoms with Gasteiger partial charge in [0.25, 0.3) is 5.91 Å². The Kier molecular flexibility index (Phi) is 4.52. The molecule has 0 bridgehead atoms. The molecule has 2 aromatic carbocycles. The average Bonchev–Trinajstić information content (AvgIpc) is 2.59. The van der Waals surface area contributed by atoms with Gasteiger partial charge in [-0.25, -0.2) is 9.37 Å². The highest BCUT2D eigenvalue weighted by molar-refractivity contribution is 5.98. The normalized spacial score (nSPS) is 10.4. The van der Waals surface area contributed by atoms with Crippen LogP contribution in [0, 0.1) is 5.82 Å². The molecule has 0 aliphatic carbocycles. The van der Waals surface area contributed by atoms with E-state index in [1.165, 1.54) is 5.56 Å². The smallest absolute Gasteiger partial charge is 0.252 e. The molecule has 1 amide bonds. The van der Waals surface area contributed by atoms with E-state index in [0.29, 0.717) is 0 Å². The third-order valence-corrected chi connectivity index (χ3v) is 3.59. The minimum atomic E-state index is -0.731. The molecule has 0 aliphatic rings. The van der Waals surface area contributed by atoms with E-state index in [2.05, 4.69) is 22.4 Å². The van der Waals surface area contributed by atoms with Crippen LogP contribution in [-0.4, -0.2) is 10.9 Å². The molecular weight excluding hydrogens is 305 g/mol. The Bertz CT molecular complexity index is 848. The van der Waals surface area contributed by atoms with E-state index in [1.54, 1.807) is 0 Å². The summed E-state index contributed by atoms with van der Waals surface area (Å²) in [6.07, 6.45) is 1.88. The number of nitrogens with two attached hydrogens (primary N) is 1. The van der Waals surface area contributed by atoms with Crippen LogP contribution >= 0.6 is 0 Å². The second-order valence-corrected chi connectivity index (χ2v) is 5.40. The molecule has 3 N–H and O–H groups in total. The molecule has 1 aromatic heterocycles. The van der Waals surface area contributed by atoms with Crippen molar-refractivity contribution in [2.45, 2.75) is 6.42 Å². The van der Waals surface area contributed by atoms with E-state index < -0.39 is 11.7 Å². The monoisotopic (exact) mass is 321 g/mol. The number of pyridine rings is 1. The molecule has 0 aliphatic heterocycles. The first-order chi connectivity index (χ1) is 11.6. The molecule has 24 heavy (non-hydrogen) atoms. The van der Waals surface area contributed by atoms with E-state index in [9.17, 15) is 9.18 Å². The largest absolute Gasteiger partial charge is 0.365 e. The molecule has 0 atom stereocenters. The number of nitrogens with zero attached hydrogens (tertiary/aromatic N) is 1. The zero-order chi connectivity index (χ0) is 16.9. The van der Waals surface area contributed by atoms with Crippen molar-refractivity contribution in [3.63, 3.8) is 0 Å². The van der Waals surface area contributed by atoms with Crippen molar-refractivity contribution in [2.75, 3.05) is 5.32 Å². The highest BCUT2D eigenvalue weighted by Gasteiger charge is 2.11. The number of halogens is 1. The molecule has 3 rings (SSSR count). The summed E-state index contributed by atoms with van der Waals surface area (Å²) >= 11 is 0. The number of carbonyl (C=O) groups is 1. The van der Waals surface area contributed by atoms with Crippen molar-refractivity contribution in [2.24, 2.45) is 5.73 Å². The summed E-state index contributed by atoms with van der Waals surface area (Å²) < 4.78 is 13.2. The molecule has 4 nitrogen and oxygen atoms in total. The van der Waals surface area contributed by atoms with Crippen LogP contribution in [-0.2, 0) is 6.42 Å². The van der Waals surface area contributed by atoms with Crippen LogP contribution in [0.4, 0.5) is 15.9 Å². The van der Waals surface area contributed by atoms with Gasteiger partial charge < -0.3 is 11.1 Å². The maximum Gasteiger partial charge on any atom is 0.252 e. The molecule has 5 heteroatoms. The lowest BCUT2D eigenvalue weighted by molar-refractivity contribution is 0.100. The number of aromatic nitrogens is 1. The molecule has 1 heterocycles.